The molecule has 32 heavy (non-hydrogen) atoms. The minimum atomic E-state index is -0.567. The van der Waals surface area contributed by atoms with Gasteiger partial charge in [-0.05, 0) is 64.4 Å². The fourth-order valence-electron chi connectivity index (χ4n) is 3.52. The van der Waals surface area contributed by atoms with Gasteiger partial charge in [0.1, 0.15) is 5.82 Å². The smallest absolute Gasteiger partial charge is 0.338 e. The average Bonchev–Trinajstić information content (AvgIpc) is 3.24. The summed E-state index contributed by atoms with van der Waals surface area (Å²) >= 11 is 0. The third-order valence-electron chi connectivity index (χ3n) is 5.14. The van der Waals surface area contributed by atoms with Crippen molar-refractivity contribution in [1.29, 1.82) is 0 Å². The summed E-state index contributed by atoms with van der Waals surface area (Å²) in [4.78, 5) is 37.0. The normalized spacial score (nSPS) is 11.0. The molecular weight excluding hydrogens is 408 g/mol. The summed E-state index contributed by atoms with van der Waals surface area (Å²) in [5.74, 6) is -0.303. The highest BCUT2D eigenvalue weighted by atomic mass is 16.5. The van der Waals surface area contributed by atoms with Gasteiger partial charge in [0.2, 0.25) is 0 Å². The van der Waals surface area contributed by atoms with Crippen LogP contribution in [0.3, 0.4) is 0 Å². The van der Waals surface area contributed by atoms with E-state index >= 15 is 0 Å². The molecule has 0 unspecified atom stereocenters. The van der Waals surface area contributed by atoms with Crippen molar-refractivity contribution in [2.24, 2.45) is 0 Å². The number of aryl methyl sites for hydroxylation is 5. The molecule has 1 aromatic carbocycles. The molecule has 2 N–H and O–H groups in total. The number of ether oxygens (including phenoxy) is 1. The van der Waals surface area contributed by atoms with Crippen LogP contribution in [0.1, 0.15) is 38.7 Å². The van der Waals surface area contributed by atoms with Gasteiger partial charge in [-0.2, -0.15) is 9.78 Å². The molecule has 4 aromatic rings. The summed E-state index contributed by atoms with van der Waals surface area (Å²) in [5.41, 5.74) is 5.72. The molecule has 9 heteroatoms. The molecule has 0 bridgehead atoms. The Labute approximate surface area is 184 Å². The molecule has 0 fully saturated rings. The highest BCUT2D eigenvalue weighted by Crippen LogP contribution is 2.23. The number of fused-ring (bicyclic) bond motifs is 1. The second-order valence-electron chi connectivity index (χ2n) is 7.79. The van der Waals surface area contributed by atoms with Gasteiger partial charge in [0.25, 0.3) is 11.9 Å². The number of benzene rings is 1. The zero-order chi connectivity index (χ0) is 23.0. The van der Waals surface area contributed by atoms with E-state index in [1.807, 2.05) is 39.8 Å². The SMILES string of the molecule is Cc1cc(C)nc(-n2nc(C)cc2NC(=O)COC(=O)c2ccc3[nH]c(C)c(C)c3c2)n1. The molecule has 164 valence electrons. The maximum absolute atomic E-state index is 12.5. The standard InChI is InChI=1S/C23H24N6O3/c1-12-8-13(2)25-23(24-12)29-20(9-14(3)28-29)27-21(30)11-32-22(31)17-6-7-19-18(10-17)15(4)16(5)26-19/h6-10,26H,11H2,1-5H3,(H,27,30). The highest BCUT2D eigenvalue weighted by Gasteiger charge is 2.16. The molecule has 3 heterocycles. The Bertz CT molecular complexity index is 1330. The molecular formula is C23H24N6O3. The van der Waals surface area contributed by atoms with Crippen LogP contribution in [0.4, 0.5) is 5.82 Å². The van der Waals surface area contributed by atoms with Gasteiger partial charge >= 0.3 is 5.97 Å². The lowest BCUT2D eigenvalue weighted by Crippen LogP contribution is -2.22. The van der Waals surface area contributed by atoms with E-state index in [-0.39, 0.29) is 0 Å². The van der Waals surface area contributed by atoms with Crippen LogP contribution >= 0.6 is 0 Å². The number of H-pyrrole nitrogens is 1. The van der Waals surface area contributed by atoms with Gasteiger partial charge in [-0.15, -0.1) is 0 Å². The number of amides is 1. The molecule has 0 saturated carbocycles. The van der Waals surface area contributed by atoms with Crippen LogP contribution in [0.2, 0.25) is 0 Å². The number of rotatable bonds is 5. The van der Waals surface area contributed by atoms with Crippen LogP contribution in [0.25, 0.3) is 16.9 Å². The van der Waals surface area contributed by atoms with Crippen LogP contribution < -0.4 is 5.32 Å². The monoisotopic (exact) mass is 432 g/mol. The van der Waals surface area contributed by atoms with Gasteiger partial charge in [0.05, 0.1) is 11.3 Å². The maximum Gasteiger partial charge on any atom is 0.338 e. The summed E-state index contributed by atoms with van der Waals surface area (Å²) < 4.78 is 6.68. The molecule has 3 aromatic heterocycles. The van der Waals surface area contributed by atoms with Crippen molar-refractivity contribution in [3.8, 4) is 5.95 Å². The van der Waals surface area contributed by atoms with Gasteiger partial charge in [-0.1, -0.05) is 0 Å². The molecule has 0 spiro atoms. The van der Waals surface area contributed by atoms with Gasteiger partial charge in [0, 0.05) is 34.1 Å². The molecule has 9 nitrogen and oxygen atoms in total. The summed E-state index contributed by atoms with van der Waals surface area (Å²) in [5, 5.41) is 8.03. The Morgan fingerprint density at radius 1 is 1.00 bits per heavy atom. The van der Waals surface area contributed by atoms with E-state index in [0.717, 1.165) is 33.5 Å². The second kappa shape index (κ2) is 8.26. The first-order chi connectivity index (χ1) is 15.2. The summed E-state index contributed by atoms with van der Waals surface area (Å²) in [7, 11) is 0. The van der Waals surface area contributed by atoms with Gasteiger partial charge in [-0.3, -0.25) is 4.79 Å². The predicted molar refractivity (Wildman–Crippen MR) is 120 cm³/mol. The first-order valence-electron chi connectivity index (χ1n) is 10.2. The number of carbonyl (C=O) groups is 2. The Balaban J connectivity index is 1.46. The summed E-state index contributed by atoms with van der Waals surface area (Å²) in [6, 6.07) is 8.83. The lowest BCUT2D eigenvalue weighted by molar-refractivity contribution is -0.119. The topological polar surface area (TPSA) is 115 Å². The van der Waals surface area contributed by atoms with Crippen molar-refractivity contribution in [2.75, 3.05) is 11.9 Å². The Kier molecular flexibility index (Phi) is 5.48. The molecule has 0 saturated heterocycles. The molecule has 1 amide bonds. The second-order valence-corrected chi connectivity index (χ2v) is 7.79. The van der Waals surface area contributed by atoms with Crippen LogP contribution in [-0.2, 0) is 9.53 Å². The molecule has 0 aliphatic carbocycles. The Morgan fingerprint density at radius 3 is 2.44 bits per heavy atom. The molecule has 0 atom stereocenters. The van der Waals surface area contributed by atoms with E-state index < -0.39 is 18.5 Å². The van der Waals surface area contributed by atoms with Gasteiger partial charge in [-0.25, -0.2) is 14.8 Å². The van der Waals surface area contributed by atoms with E-state index in [4.69, 9.17) is 4.74 Å². The van der Waals surface area contributed by atoms with E-state index in [2.05, 4.69) is 25.4 Å². The van der Waals surface area contributed by atoms with Crippen molar-refractivity contribution in [1.82, 2.24) is 24.7 Å². The predicted octanol–water partition coefficient (Wildman–Crippen LogP) is 3.48. The number of aromatic amines is 1. The fourth-order valence-corrected chi connectivity index (χ4v) is 3.52. The summed E-state index contributed by atoms with van der Waals surface area (Å²) in [6.07, 6.45) is 0. The highest BCUT2D eigenvalue weighted by molar-refractivity contribution is 5.98. The van der Waals surface area contributed by atoms with E-state index in [1.54, 1.807) is 25.1 Å². The third-order valence-corrected chi connectivity index (χ3v) is 5.14. The van der Waals surface area contributed by atoms with Crippen LogP contribution in [0.5, 0.6) is 0 Å². The van der Waals surface area contributed by atoms with E-state index in [9.17, 15) is 9.59 Å². The number of hydrogen-bond donors (Lipinski definition) is 2. The largest absolute Gasteiger partial charge is 0.452 e. The van der Waals surface area contributed by atoms with Crippen molar-refractivity contribution < 1.29 is 14.3 Å². The van der Waals surface area contributed by atoms with Crippen molar-refractivity contribution in [3.63, 3.8) is 0 Å². The maximum atomic E-state index is 12.5. The Hall–Kier alpha value is -4.01. The van der Waals surface area contributed by atoms with Gasteiger partial charge in [0.15, 0.2) is 6.61 Å². The molecule has 0 radical (unpaired) electrons. The number of aromatic nitrogens is 5. The average molecular weight is 432 g/mol. The number of anilines is 1. The van der Waals surface area contributed by atoms with Crippen molar-refractivity contribution >= 4 is 28.6 Å². The number of esters is 1. The first kappa shape index (κ1) is 21.2. The molecule has 4 rings (SSSR count). The first-order valence-corrected chi connectivity index (χ1v) is 10.2. The zero-order valence-corrected chi connectivity index (χ0v) is 18.6. The van der Waals surface area contributed by atoms with E-state index in [0.29, 0.717) is 23.0 Å². The molecule has 0 aliphatic heterocycles. The number of carbonyl (C=O) groups excluding carboxylic acids is 2. The van der Waals surface area contributed by atoms with Crippen molar-refractivity contribution in [3.05, 3.63) is 64.2 Å². The lowest BCUT2D eigenvalue weighted by atomic mass is 10.1. The van der Waals surface area contributed by atoms with Crippen molar-refractivity contribution in [2.45, 2.75) is 34.6 Å². The lowest BCUT2D eigenvalue weighted by Gasteiger charge is -2.09. The number of nitrogens with one attached hydrogen (secondary N) is 2. The zero-order valence-electron chi connectivity index (χ0n) is 18.6. The minimum Gasteiger partial charge on any atom is -0.452 e. The van der Waals surface area contributed by atoms with E-state index in [1.165, 1.54) is 4.68 Å². The van der Waals surface area contributed by atoms with Crippen LogP contribution in [0, 0.1) is 34.6 Å². The Morgan fingerprint density at radius 2 is 1.72 bits per heavy atom. The molecule has 0 aliphatic rings. The quantitative estimate of drug-likeness (QED) is 0.467. The minimum absolute atomic E-state index is 0.355. The van der Waals surface area contributed by atoms with Crippen LogP contribution in [-0.4, -0.2) is 43.2 Å². The van der Waals surface area contributed by atoms with Crippen LogP contribution in [0.15, 0.2) is 30.3 Å². The third kappa shape index (κ3) is 4.22. The number of hydrogen-bond acceptors (Lipinski definition) is 6. The summed E-state index contributed by atoms with van der Waals surface area (Å²) in [6.45, 7) is 9.06. The fraction of sp³-hybridized carbons (Fsp3) is 0.261. The number of nitrogens with zero attached hydrogens (tertiary/aromatic N) is 4. The van der Waals surface area contributed by atoms with Gasteiger partial charge < -0.3 is 15.0 Å².